The number of fused-ring (bicyclic) bond motifs is 2. The summed E-state index contributed by atoms with van der Waals surface area (Å²) >= 11 is 0. The van der Waals surface area contributed by atoms with Crippen LogP contribution >= 0.6 is 0 Å². The molecule has 1 saturated heterocycles. The first-order valence-electron chi connectivity index (χ1n) is 14.4. The van der Waals surface area contributed by atoms with Crippen LogP contribution in [0, 0.1) is 18.3 Å². The van der Waals surface area contributed by atoms with Crippen LogP contribution in [0.2, 0.25) is 0 Å². The second-order valence-electron chi connectivity index (χ2n) is 11.7. The van der Waals surface area contributed by atoms with E-state index in [1.165, 1.54) is 6.08 Å². The molecule has 2 atom stereocenters. The molecule has 224 valence electrons. The Morgan fingerprint density at radius 1 is 1.14 bits per heavy atom. The molecule has 0 bridgehead atoms. The van der Waals surface area contributed by atoms with E-state index in [-0.39, 0.29) is 30.6 Å². The Morgan fingerprint density at radius 3 is 2.49 bits per heavy atom. The van der Waals surface area contributed by atoms with Crippen LogP contribution in [0.4, 0.5) is 0 Å². The molecule has 1 aromatic rings. The minimum atomic E-state index is -0.914. The Bertz CT molecular complexity index is 1680. The van der Waals surface area contributed by atoms with Crippen molar-refractivity contribution in [3.8, 4) is 0 Å². The van der Waals surface area contributed by atoms with Gasteiger partial charge in [-0.1, -0.05) is 18.7 Å². The van der Waals surface area contributed by atoms with Gasteiger partial charge in [0.15, 0.2) is 0 Å². The molecular formula is C33H36N4O6. The molecule has 0 saturated carbocycles. The SMILES string of the molecule is C=CC1=C(C)/C(=C/c2[nH]c(CC3=C(CCC(=O)O)C4(C)CC=C5C(=CC4=N3)NC(=O)C5C)c(CCC(=O)O)c2C)NC1=O. The molecule has 3 aliphatic heterocycles. The highest BCUT2D eigenvalue weighted by Gasteiger charge is 2.43. The number of nitrogens with zero attached hydrogens (tertiary/aromatic N) is 1. The Labute approximate surface area is 249 Å². The van der Waals surface area contributed by atoms with Crippen molar-refractivity contribution in [1.82, 2.24) is 15.6 Å². The lowest BCUT2D eigenvalue weighted by atomic mass is 9.74. The fourth-order valence-corrected chi connectivity index (χ4v) is 6.46. The van der Waals surface area contributed by atoms with E-state index in [9.17, 15) is 29.4 Å². The summed E-state index contributed by atoms with van der Waals surface area (Å²) in [4.78, 5) is 56.4. The topological polar surface area (TPSA) is 161 Å². The lowest BCUT2D eigenvalue weighted by molar-refractivity contribution is -0.138. The van der Waals surface area contributed by atoms with Gasteiger partial charge in [-0.05, 0) is 87.0 Å². The molecule has 0 aromatic carbocycles. The van der Waals surface area contributed by atoms with Gasteiger partial charge in [-0.25, -0.2) is 0 Å². The number of carbonyl (C=O) groups is 4. The summed E-state index contributed by atoms with van der Waals surface area (Å²) in [7, 11) is 0. The number of allylic oxidation sites excluding steroid dienone is 6. The lowest BCUT2D eigenvalue weighted by Gasteiger charge is -2.27. The molecular weight excluding hydrogens is 548 g/mol. The van der Waals surface area contributed by atoms with E-state index in [2.05, 4.69) is 35.2 Å². The molecule has 4 aliphatic rings. The van der Waals surface area contributed by atoms with E-state index in [4.69, 9.17) is 4.99 Å². The maximum absolute atomic E-state index is 12.4. The zero-order valence-corrected chi connectivity index (χ0v) is 24.8. The summed E-state index contributed by atoms with van der Waals surface area (Å²) in [6.07, 6.45) is 8.74. The zero-order valence-electron chi connectivity index (χ0n) is 24.8. The average molecular weight is 585 g/mol. The highest BCUT2D eigenvalue weighted by molar-refractivity contribution is 6.07. The van der Waals surface area contributed by atoms with Crippen molar-refractivity contribution in [3.05, 3.63) is 86.7 Å². The van der Waals surface area contributed by atoms with Crippen molar-refractivity contribution < 1.29 is 29.4 Å². The predicted molar refractivity (Wildman–Crippen MR) is 162 cm³/mol. The molecule has 5 N–H and O–H groups in total. The number of rotatable bonds is 10. The quantitative estimate of drug-likeness (QED) is 0.274. The van der Waals surface area contributed by atoms with Crippen molar-refractivity contribution in [2.75, 3.05) is 0 Å². The fraction of sp³-hybridized carbons (Fsp3) is 0.364. The van der Waals surface area contributed by atoms with Crippen LogP contribution in [0.3, 0.4) is 0 Å². The third-order valence-corrected chi connectivity index (χ3v) is 9.10. The summed E-state index contributed by atoms with van der Waals surface area (Å²) in [6, 6.07) is 0. The number of H-pyrrole nitrogens is 1. The standard InChI is InChI=1S/C33H36N4O6/c1-6-19-16(2)24(36-32(19)43)13-23-17(3)20(7-9-29(38)39)25(34-23)14-27-22(8-10-30(40)41)33(5)12-11-21-18(4)31(42)37-26(21)15-28(33)35-27/h6,11,13,15,18,34H,1,7-10,12,14H2,2-5H3,(H,36,43)(H,37,42)(H,38,39)(H,40,41)/b24-13-. The highest BCUT2D eigenvalue weighted by Crippen LogP contribution is 2.48. The van der Waals surface area contributed by atoms with Crippen molar-refractivity contribution in [2.24, 2.45) is 16.3 Å². The molecule has 0 radical (unpaired) electrons. The molecule has 1 aliphatic carbocycles. The zero-order chi connectivity index (χ0) is 31.2. The van der Waals surface area contributed by atoms with Gasteiger partial charge < -0.3 is 25.8 Å². The minimum Gasteiger partial charge on any atom is -0.481 e. The first kappa shape index (κ1) is 29.8. The van der Waals surface area contributed by atoms with Crippen LogP contribution in [0.5, 0.6) is 0 Å². The monoisotopic (exact) mass is 584 g/mol. The van der Waals surface area contributed by atoms with E-state index in [0.717, 1.165) is 56.3 Å². The van der Waals surface area contributed by atoms with Crippen LogP contribution in [0.1, 0.15) is 69.0 Å². The van der Waals surface area contributed by atoms with Gasteiger partial charge in [-0.3, -0.25) is 24.2 Å². The van der Waals surface area contributed by atoms with Gasteiger partial charge in [0.05, 0.1) is 11.6 Å². The number of aromatic amines is 1. The lowest BCUT2D eigenvalue weighted by Crippen LogP contribution is -2.26. The number of nitrogens with one attached hydrogen (secondary N) is 3. The molecule has 0 spiro atoms. The van der Waals surface area contributed by atoms with Gasteiger partial charge in [0.25, 0.3) is 5.91 Å². The molecule has 1 fully saturated rings. The van der Waals surface area contributed by atoms with Crippen molar-refractivity contribution >= 4 is 35.5 Å². The van der Waals surface area contributed by atoms with Crippen molar-refractivity contribution in [3.63, 3.8) is 0 Å². The van der Waals surface area contributed by atoms with E-state index in [0.29, 0.717) is 37.0 Å². The van der Waals surface area contributed by atoms with Gasteiger partial charge >= 0.3 is 11.9 Å². The predicted octanol–water partition coefficient (Wildman–Crippen LogP) is 4.42. The Hall–Kier alpha value is -4.73. The minimum absolute atomic E-state index is 0.0541. The molecule has 4 heterocycles. The summed E-state index contributed by atoms with van der Waals surface area (Å²) in [5, 5.41) is 24.8. The van der Waals surface area contributed by atoms with Crippen LogP contribution < -0.4 is 10.6 Å². The van der Waals surface area contributed by atoms with E-state index < -0.39 is 17.4 Å². The Morgan fingerprint density at radius 2 is 1.84 bits per heavy atom. The number of aliphatic carboxylic acids is 2. The van der Waals surface area contributed by atoms with E-state index >= 15 is 0 Å². The maximum atomic E-state index is 12.4. The highest BCUT2D eigenvalue weighted by atomic mass is 16.4. The van der Waals surface area contributed by atoms with Crippen molar-refractivity contribution in [1.29, 1.82) is 0 Å². The van der Waals surface area contributed by atoms with Gasteiger partial charge in [-0.2, -0.15) is 0 Å². The van der Waals surface area contributed by atoms with Crippen molar-refractivity contribution in [2.45, 2.75) is 66.2 Å². The smallest absolute Gasteiger partial charge is 0.303 e. The largest absolute Gasteiger partial charge is 0.481 e. The third kappa shape index (κ3) is 5.33. The van der Waals surface area contributed by atoms with Crippen LogP contribution in [-0.4, -0.2) is 44.7 Å². The number of carboxylic acid groups (broad SMARTS) is 2. The van der Waals surface area contributed by atoms with Crippen LogP contribution in [-0.2, 0) is 32.0 Å². The number of amides is 2. The number of carbonyl (C=O) groups excluding carboxylic acids is 2. The molecule has 10 nitrogen and oxygen atoms in total. The number of hydrogen-bond acceptors (Lipinski definition) is 5. The fourth-order valence-electron chi connectivity index (χ4n) is 6.46. The second-order valence-corrected chi connectivity index (χ2v) is 11.7. The van der Waals surface area contributed by atoms with Gasteiger partial charge in [0.1, 0.15) is 0 Å². The Balaban J connectivity index is 1.58. The van der Waals surface area contributed by atoms with E-state index in [1.807, 2.05) is 32.9 Å². The number of carboxylic acids is 2. The molecule has 10 heteroatoms. The maximum Gasteiger partial charge on any atom is 0.303 e. The average Bonchev–Trinajstić information content (AvgIpc) is 3.53. The first-order valence-corrected chi connectivity index (χ1v) is 14.4. The molecule has 1 aromatic heterocycles. The third-order valence-electron chi connectivity index (χ3n) is 9.10. The van der Waals surface area contributed by atoms with E-state index in [1.54, 1.807) is 0 Å². The summed E-state index contributed by atoms with van der Waals surface area (Å²) in [5.74, 6) is -2.37. The number of aromatic nitrogens is 1. The molecule has 2 amide bonds. The molecule has 2 unspecified atom stereocenters. The van der Waals surface area contributed by atoms with Gasteiger partial charge in [-0.15, -0.1) is 0 Å². The van der Waals surface area contributed by atoms with Crippen LogP contribution in [0.15, 0.2) is 69.2 Å². The number of hydrogen-bond donors (Lipinski definition) is 5. The normalized spacial score (nSPS) is 23.9. The number of aliphatic imine (C=N–C) groups is 1. The first-order chi connectivity index (χ1) is 20.3. The summed E-state index contributed by atoms with van der Waals surface area (Å²) in [5.41, 5.74) is 8.70. The summed E-state index contributed by atoms with van der Waals surface area (Å²) < 4.78 is 0. The van der Waals surface area contributed by atoms with Gasteiger partial charge in [0, 0.05) is 58.7 Å². The Kier molecular flexibility index (Phi) is 7.72. The van der Waals surface area contributed by atoms with Gasteiger partial charge in [0.2, 0.25) is 5.91 Å². The summed E-state index contributed by atoms with van der Waals surface area (Å²) in [6.45, 7) is 11.4. The molecule has 43 heavy (non-hydrogen) atoms. The molecule has 5 rings (SSSR count). The van der Waals surface area contributed by atoms with Crippen LogP contribution in [0.25, 0.3) is 6.08 Å². The second kappa shape index (κ2) is 11.2.